The molecule has 11 heavy (non-hydrogen) atoms. The van der Waals surface area contributed by atoms with Crippen LogP contribution in [0.2, 0.25) is 0 Å². The van der Waals surface area contributed by atoms with E-state index in [1.807, 2.05) is 0 Å². The standard InChI is InChI=1S/C9H19N.ClH/c1-5-10(6-2)8-7-9(3)4;/h7-9H,5-6H2,1-4H3;1H. The van der Waals surface area contributed by atoms with Crippen LogP contribution in [0.3, 0.4) is 0 Å². The van der Waals surface area contributed by atoms with Crippen molar-refractivity contribution in [2.45, 2.75) is 27.7 Å². The highest BCUT2D eigenvalue weighted by Gasteiger charge is 1.89. The summed E-state index contributed by atoms with van der Waals surface area (Å²) in [6.45, 7) is 11.0. The maximum Gasteiger partial charge on any atom is 0.0143 e. The highest BCUT2D eigenvalue weighted by molar-refractivity contribution is 5.85. The molecular formula is C9H20ClN. The molecule has 0 aromatic heterocycles. The Labute approximate surface area is 76.9 Å². The second-order valence-corrected chi connectivity index (χ2v) is 2.81. The van der Waals surface area contributed by atoms with Crippen molar-refractivity contribution in [3.63, 3.8) is 0 Å². The lowest BCUT2D eigenvalue weighted by molar-refractivity contribution is 0.416. The Hall–Kier alpha value is -0.170. The van der Waals surface area contributed by atoms with E-state index in [0.717, 1.165) is 13.1 Å². The van der Waals surface area contributed by atoms with Gasteiger partial charge in [-0.15, -0.1) is 12.4 Å². The monoisotopic (exact) mass is 177 g/mol. The van der Waals surface area contributed by atoms with Gasteiger partial charge in [-0.05, 0) is 26.0 Å². The molecule has 0 rings (SSSR count). The normalized spacial score (nSPS) is 10.3. The SMILES string of the molecule is CCN(C=CC(C)C)CC.Cl. The maximum atomic E-state index is 2.29. The van der Waals surface area contributed by atoms with Crippen molar-refractivity contribution in [2.24, 2.45) is 5.92 Å². The molecule has 0 atom stereocenters. The van der Waals surface area contributed by atoms with Crippen molar-refractivity contribution in [3.8, 4) is 0 Å². The van der Waals surface area contributed by atoms with Crippen molar-refractivity contribution in [1.82, 2.24) is 4.90 Å². The molecule has 0 aromatic rings. The summed E-state index contributed by atoms with van der Waals surface area (Å²) in [5.41, 5.74) is 0. The van der Waals surface area contributed by atoms with Gasteiger partial charge in [0.2, 0.25) is 0 Å². The lowest BCUT2D eigenvalue weighted by Gasteiger charge is -2.14. The zero-order valence-electron chi connectivity index (χ0n) is 8.00. The summed E-state index contributed by atoms with van der Waals surface area (Å²) in [7, 11) is 0. The summed E-state index contributed by atoms with van der Waals surface area (Å²) in [6, 6.07) is 0. The summed E-state index contributed by atoms with van der Waals surface area (Å²) in [5, 5.41) is 0. The maximum absolute atomic E-state index is 2.29. The minimum Gasteiger partial charge on any atom is -0.378 e. The van der Waals surface area contributed by atoms with Gasteiger partial charge in [-0.3, -0.25) is 0 Å². The predicted octanol–water partition coefficient (Wildman–Crippen LogP) is 2.92. The first kappa shape index (κ1) is 13.4. The molecular weight excluding hydrogens is 158 g/mol. The van der Waals surface area contributed by atoms with Crippen molar-refractivity contribution in [3.05, 3.63) is 12.3 Å². The van der Waals surface area contributed by atoms with Crippen LogP contribution in [0.25, 0.3) is 0 Å². The molecule has 0 saturated carbocycles. The third-order valence-corrected chi connectivity index (χ3v) is 1.49. The van der Waals surface area contributed by atoms with E-state index in [0.29, 0.717) is 5.92 Å². The van der Waals surface area contributed by atoms with E-state index in [1.165, 1.54) is 0 Å². The average molecular weight is 178 g/mol. The van der Waals surface area contributed by atoms with Gasteiger partial charge in [-0.1, -0.05) is 19.9 Å². The molecule has 0 aromatic carbocycles. The highest BCUT2D eigenvalue weighted by Crippen LogP contribution is 1.96. The van der Waals surface area contributed by atoms with Crippen LogP contribution in [0.5, 0.6) is 0 Å². The Bertz CT molecular complexity index is 95.7. The third-order valence-electron chi connectivity index (χ3n) is 1.49. The van der Waals surface area contributed by atoms with Crippen LogP contribution in [0.1, 0.15) is 27.7 Å². The Morgan fingerprint density at radius 3 is 1.91 bits per heavy atom. The van der Waals surface area contributed by atoms with Gasteiger partial charge in [-0.2, -0.15) is 0 Å². The smallest absolute Gasteiger partial charge is 0.0143 e. The Morgan fingerprint density at radius 2 is 1.64 bits per heavy atom. The second kappa shape index (κ2) is 7.93. The summed E-state index contributed by atoms with van der Waals surface area (Å²) in [4.78, 5) is 2.29. The van der Waals surface area contributed by atoms with E-state index in [2.05, 4.69) is 44.9 Å². The highest BCUT2D eigenvalue weighted by atomic mass is 35.5. The van der Waals surface area contributed by atoms with Gasteiger partial charge in [0.25, 0.3) is 0 Å². The van der Waals surface area contributed by atoms with Crippen LogP contribution in [-0.4, -0.2) is 18.0 Å². The summed E-state index contributed by atoms with van der Waals surface area (Å²) in [5.74, 6) is 0.667. The first-order valence-corrected chi connectivity index (χ1v) is 4.13. The van der Waals surface area contributed by atoms with E-state index in [1.54, 1.807) is 0 Å². The molecule has 0 unspecified atom stereocenters. The number of allylic oxidation sites excluding steroid dienone is 1. The van der Waals surface area contributed by atoms with E-state index >= 15 is 0 Å². The van der Waals surface area contributed by atoms with E-state index in [9.17, 15) is 0 Å². The molecule has 0 aliphatic heterocycles. The molecule has 0 spiro atoms. The van der Waals surface area contributed by atoms with Crippen molar-refractivity contribution in [1.29, 1.82) is 0 Å². The Balaban J connectivity index is 0. The van der Waals surface area contributed by atoms with Crippen molar-refractivity contribution < 1.29 is 0 Å². The first-order chi connectivity index (χ1) is 4.70. The van der Waals surface area contributed by atoms with Crippen molar-refractivity contribution in [2.75, 3.05) is 13.1 Å². The van der Waals surface area contributed by atoms with Crippen LogP contribution in [-0.2, 0) is 0 Å². The average Bonchev–Trinajstić information content (AvgIpc) is 1.90. The summed E-state index contributed by atoms with van der Waals surface area (Å²) >= 11 is 0. The fourth-order valence-corrected chi connectivity index (χ4v) is 0.728. The fraction of sp³-hybridized carbons (Fsp3) is 0.778. The Morgan fingerprint density at radius 1 is 1.18 bits per heavy atom. The second-order valence-electron chi connectivity index (χ2n) is 2.81. The number of hydrogen-bond donors (Lipinski definition) is 0. The lowest BCUT2D eigenvalue weighted by Crippen LogP contribution is -2.15. The molecule has 0 N–H and O–H groups in total. The molecule has 1 nitrogen and oxygen atoms in total. The molecule has 0 bridgehead atoms. The van der Waals surface area contributed by atoms with Crippen LogP contribution >= 0.6 is 12.4 Å². The third kappa shape index (κ3) is 7.73. The molecule has 68 valence electrons. The van der Waals surface area contributed by atoms with E-state index < -0.39 is 0 Å². The van der Waals surface area contributed by atoms with Crippen LogP contribution < -0.4 is 0 Å². The van der Waals surface area contributed by atoms with E-state index in [-0.39, 0.29) is 12.4 Å². The van der Waals surface area contributed by atoms with E-state index in [4.69, 9.17) is 0 Å². The van der Waals surface area contributed by atoms with Crippen LogP contribution in [0.4, 0.5) is 0 Å². The van der Waals surface area contributed by atoms with Gasteiger partial charge < -0.3 is 4.90 Å². The molecule has 0 saturated heterocycles. The van der Waals surface area contributed by atoms with Gasteiger partial charge in [0, 0.05) is 13.1 Å². The largest absolute Gasteiger partial charge is 0.378 e. The number of hydrogen-bond acceptors (Lipinski definition) is 1. The minimum absolute atomic E-state index is 0. The van der Waals surface area contributed by atoms with Gasteiger partial charge in [0.15, 0.2) is 0 Å². The molecule has 0 amide bonds. The summed E-state index contributed by atoms with van der Waals surface area (Å²) in [6.07, 6.45) is 4.41. The predicted molar refractivity (Wildman–Crippen MR) is 54.1 cm³/mol. The lowest BCUT2D eigenvalue weighted by atomic mass is 10.2. The molecule has 0 fully saturated rings. The van der Waals surface area contributed by atoms with Gasteiger partial charge in [0.1, 0.15) is 0 Å². The zero-order chi connectivity index (χ0) is 7.98. The Kier molecular flexibility index (Phi) is 9.68. The molecule has 0 heterocycles. The first-order valence-electron chi connectivity index (χ1n) is 4.13. The molecule has 2 heteroatoms. The number of rotatable bonds is 4. The van der Waals surface area contributed by atoms with Gasteiger partial charge in [-0.25, -0.2) is 0 Å². The number of halogens is 1. The van der Waals surface area contributed by atoms with Crippen LogP contribution in [0.15, 0.2) is 12.3 Å². The molecule has 0 radical (unpaired) electrons. The van der Waals surface area contributed by atoms with Gasteiger partial charge in [0.05, 0.1) is 0 Å². The van der Waals surface area contributed by atoms with Crippen molar-refractivity contribution >= 4 is 12.4 Å². The number of nitrogens with zero attached hydrogens (tertiary/aromatic N) is 1. The topological polar surface area (TPSA) is 3.24 Å². The molecule has 0 aliphatic rings. The fourth-order valence-electron chi connectivity index (χ4n) is 0.728. The minimum atomic E-state index is 0. The van der Waals surface area contributed by atoms with Crippen LogP contribution in [0, 0.1) is 5.92 Å². The quantitative estimate of drug-likeness (QED) is 0.639. The zero-order valence-corrected chi connectivity index (χ0v) is 8.82. The summed E-state index contributed by atoms with van der Waals surface area (Å²) < 4.78 is 0. The molecule has 0 aliphatic carbocycles. The van der Waals surface area contributed by atoms with Gasteiger partial charge >= 0.3 is 0 Å².